The minimum atomic E-state index is -1.97. The van der Waals surface area contributed by atoms with E-state index in [2.05, 4.69) is 43.5 Å². The highest BCUT2D eigenvalue weighted by Gasteiger charge is 2.54. The number of amides is 1. The minimum absolute atomic E-state index is 0.237. The Kier molecular flexibility index (Phi) is 55.0. The van der Waals surface area contributed by atoms with Crippen LogP contribution >= 0.6 is 0 Å². The highest BCUT2D eigenvalue weighted by atomic mass is 16.8. The second-order valence-corrected chi connectivity index (χ2v) is 28.9. The molecule has 0 aromatic rings. The fourth-order valence-corrected chi connectivity index (χ4v) is 13.8. The van der Waals surface area contributed by atoms with Crippen LogP contribution in [0, 0.1) is 0 Å². The van der Waals surface area contributed by atoms with Crippen LogP contribution in [0.2, 0.25) is 0 Å². The quantitative estimate of drug-likeness (QED) is 0.0199. The molecule has 97 heavy (non-hydrogen) atoms. The lowest BCUT2D eigenvalue weighted by Crippen LogP contribution is -2.66. The maximum atomic E-state index is 13.4. The lowest BCUT2D eigenvalue weighted by molar-refractivity contribution is -0.379. The Balaban J connectivity index is 1.24. The van der Waals surface area contributed by atoms with Crippen molar-refractivity contribution in [2.24, 2.45) is 0 Å². The number of aliphatic hydroxyl groups is 11. The third-order valence-corrected chi connectivity index (χ3v) is 20.3. The number of carbonyl (C=O) groups excluding carboxylic acids is 1. The average Bonchev–Trinajstić information content (AvgIpc) is 0.790. The van der Waals surface area contributed by atoms with Gasteiger partial charge in [-0.15, -0.1) is 0 Å². The van der Waals surface area contributed by atoms with E-state index in [1.165, 1.54) is 250 Å². The number of hydrogen-bond donors (Lipinski definition) is 12. The molecule has 12 N–H and O–H groups in total. The summed E-state index contributed by atoms with van der Waals surface area (Å²) in [4.78, 5) is 13.4. The van der Waals surface area contributed by atoms with E-state index in [1.807, 2.05) is 0 Å². The molecule has 1 amide bonds. The Morgan fingerprint density at radius 3 is 1.05 bits per heavy atom. The van der Waals surface area contributed by atoms with E-state index in [9.17, 15) is 61.0 Å². The van der Waals surface area contributed by atoms with Crippen LogP contribution in [0.4, 0.5) is 0 Å². The van der Waals surface area contributed by atoms with Crippen molar-refractivity contribution in [1.29, 1.82) is 0 Å². The maximum Gasteiger partial charge on any atom is 0.220 e. The van der Waals surface area contributed by atoms with Gasteiger partial charge in [-0.3, -0.25) is 4.79 Å². The number of allylic oxidation sites excluding steroid dienone is 4. The molecule has 572 valence electrons. The lowest BCUT2D eigenvalue weighted by Gasteiger charge is -2.48. The van der Waals surface area contributed by atoms with Crippen LogP contribution in [-0.2, 0) is 33.2 Å². The van der Waals surface area contributed by atoms with Gasteiger partial charge in [0.25, 0.3) is 0 Å². The first-order valence-electron chi connectivity index (χ1n) is 40.1. The van der Waals surface area contributed by atoms with Crippen LogP contribution in [0.5, 0.6) is 0 Å². The fraction of sp³-hybridized carbons (Fsp3) is 0.936. The van der Waals surface area contributed by atoms with Crippen LogP contribution in [0.3, 0.4) is 0 Å². The Morgan fingerprint density at radius 2 is 0.680 bits per heavy atom. The van der Waals surface area contributed by atoms with Crippen molar-refractivity contribution < 1.29 is 89.4 Å². The zero-order valence-corrected chi connectivity index (χ0v) is 61.1. The summed E-state index contributed by atoms with van der Waals surface area (Å²) in [5.74, 6) is -0.237. The summed E-state index contributed by atoms with van der Waals surface area (Å²) in [6.45, 7) is 1.80. The van der Waals surface area contributed by atoms with Crippen molar-refractivity contribution in [3.63, 3.8) is 0 Å². The van der Waals surface area contributed by atoms with Crippen molar-refractivity contribution in [2.75, 3.05) is 26.4 Å². The summed E-state index contributed by atoms with van der Waals surface area (Å²) in [6, 6.07) is -0.883. The number of rotatable bonds is 64. The molecule has 0 aromatic heterocycles. The van der Waals surface area contributed by atoms with Crippen LogP contribution in [0.1, 0.15) is 335 Å². The van der Waals surface area contributed by atoms with Gasteiger partial charge in [-0.2, -0.15) is 0 Å². The highest BCUT2D eigenvalue weighted by molar-refractivity contribution is 5.76. The number of ether oxygens (including phenoxy) is 6. The van der Waals surface area contributed by atoms with Gasteiger partial charge in [0.05, 0.1) is 38.6 Å². The predicted octanol–water partition coefficient (Wildman–Crippen LogP) is 13.0. The molecule has 19 nitrogen and oxygen atoms in total. The van der Waals surface area contributed by atoms with Gasteiger partial charge in [0.1, 0.15) is 73.2 Å². The molecule has 0 aromatic carbocycles. The normalized spacial score (nSPS) is 27.0. The summed E-state index contributed by atoms with van der Waals surface area (Å²) in [7, 11) is 0. The van der Waals surface area contributed by atoms with Crippen LogP contribution < -0.4 is 5.32 Å². The molecular weight excluding hydrogens is 1240 g/mol. The zero-order valence-electron chi connectivity index (χ0n) is 61.1. The van der Waals surface area contributed by atoms with E-state index in [4.69, 9.17) is 28.4 Å². The summed E-state index contributed by atoms with van der Waals surface area (Å²) < 4.78 is 34.4. The van der Waals surface area contributed by atoms with Crippen molar-refractivity contribution in [3.05, 3.63) is 24.3 Å². The Labute approximate surface area is 588 Å². The van der Waals surface area contributed by atoms with E-state index in [-0.39, 0.29) is 18.9 Å². The van der Waals surface area contributed by atoms with Gasteiger partial charge in [-0.25, -0.2) is 0 Å². The number of hydrogen-bond acceptors (Lipinski definition) is 18. The molecule has 0 saturated carbocycles. The van der Waals surface area contributed by atoms with Gasteiger partial charge in [0, 0.05) is 6.42 Å². The van der Waals surface area contributed by atoms with Crippen LogP contribution in [0.25, 0.3) is 0 Å². The zero-order chi connectivity index (χ0) is 70.4. The van der Waals surface area contributed by atoms with E-state index < -0.39 is 124 Å². The first-order valence-corrected chi connectivity index (χ1v) is 40.1. The first-order chi connectivity index (χ1) is 47.3. The molecule has 3 rings (SSSR count). The largest absolute Gasteiger partial charge is 0.394 e. The molecule has 17 unspecified atom stereocenters. The van der Waals surface area contributed by atoms with Gasteiger partial charge in [0.2, 0.25) is 5.91 Å². The van der Waals surface area contributed by atoms with Gasteiger partial charge in [-0.1, -0.05) is 308 Å². The summed E-state index contributed by atoms with van der Waals surface area (Å²) >= 11 is 0. The van der Waals surface area contributed by atoms with Crippen molar-refractivity contribution in [1.82, 2.24) is 5.32 Å². The third kappa shape index (κ3) is 40.2. The van der Waals surface area contributed by atoms with Gasteiger partial charge in [0.15, 0.2) is 18.9 Å². The lowest BCUT2D eigenvalue weighted by atomic mass is 9.96. The molecule has 19 heteroatoms. The molecule has 0 aliphatic carbocycles. The summed E-state index contributed by atoms with van der Waals surface area (Å²) in [5, 5.41) is 121. The molecule has 3 fully saturated rings. The van der Waals surface area contributed by atoms with Crippen molar-refractivity contribution in [2.45, 2.75) is 439 Å². The Morgan fingerprint density at radius 1 is 0.371 bits per heavy atom. The predicted molar refractivity (Wildman–Crippen MR) is 383 cm³/mol. The monoisotopic (exact) mass is 1390 g/mol. The molecule has 0 bridgehead atoms. The molecule has 17 atom stereocenters. The number of carbonyl (C=O) groups is 1. The highest BCUT2D eigenvalue weighted by Crippen LogP contribution is 2.33. The Bertz CT molecular complexity index is 1850. The van der Waals surface area contributed by atoms with Gasteiger partial charge in [-0.05, 0) is 44.9 Å². The van der Waals surface area contributed by atoms with E-state index in [0.717, 1.165) is 51.4 Å². The van der Waals surface area contributed by atoms with E-state index in [1.54, 1.807) is 0 Å². The first kappa shape index (κ1) is 89.5. The number of nitrogens with one attached hydrogen (secondary N) is 1. The van der Waals surface area contributed by atoms with Crippen LogP contribution in [0.15, 0.2) is 24.3 Å². The second kappa shape index (κ2) is 59.6. The topological polar surface area (TPSA) is 307 Å². The molecular formula is C78H147NO18. The molecule has 3 aliphatic rings. The third-order valence-electron chi connectivity index (χ3n) is 20.3. The standard InChI is InChI=1S/C78H147NO18/c1-3-5-7-9-11-13-15-16-17-18-19-20-21-22-23-24-25-26-27-28-29-30-31-32-33-34-35-36-37-38-39-40-41-42-43-44-46-48-50-52-54-56-66(84)79-61(62(83)55-53-51-49-47-45-14-12-10-8-6-4-2)60-92-76-72(90)69(87)74(64(58-81)94-76)97-78-73(91)70(88)75(65(59-82)95-78)96-77-71(89)68(86)67(85)63(57-80)93-77/h15-16,18-19,61-65,67-78,80-83,85-91H,3-14,17,20-60H2,1-2H3,(H,79,84)/b16-15-,19-18-. The van der Waals surface area contributed by atoms with Gasteiger partial charge >= 0.3 is 0 Å². The van der Waals surface area contributed by atoms with Crippen molar-refractivity contribution in [3.8, 4) is 0 Å². The number of unbranched alkanes of at least 4 members (excludes halogenated alkanes) is 44. The molecule has 0 spiro atoms. The average molecular weight is 1390 g/mol. The van der Waals surface area contributed by atoms with Crippen molar-refractivity contribution >= 4 is 5.91 Å². The Hall–Kier alpha value is -1.73. The maximum absolute atomic E-state index is 13.4. The van der Waals surface area contributed by atoms with Crippen LogP contribution in [-0.4, -0.2) is 193 Å². The summed E-state index contributed by atoms with van der Waals surface area (Å²) in [5.41, 5.74) is 0. The smallest absolute Gasteiger partial charge is 0.220 e. The molecule has 0 radical (unpaired) electrons. The fourth-order valence-electron chi connectivity index (χ4n) is 13.8. The second-order valence-electron chi connectivity index (χ2n) is 28.9. The molecule has 3 saturated heterocycles. The number of aliphatic hydroxyl groups excluding tert-OH is 11. The van der Waals surface area contributed by atoms with E-state index in [0.29, 0.717) is 12.8 Å². The molecule has 3 heterocycles. The van der Waals surface area contributed by atoms with Gasteiger partial charge < -0.3 is 89.9 Å². The van der Waals surface area contributed by atoms with E-state index >= 15 is 0 Å². The minimum Gasteiger partial charge on any atom is -0.394 e. The molecule has 3 aliphatic heterocycles. The SMILES string of the molecule is CCCCCCC/C=C\C/C=C\CCCCCCCCCCCCCCCCCCCCCCCCCCCCCCCC(=O)NC(COC1OC(CO)C(OC2OC(CO)C(OC3OC(CO)C(O)C(O)C3O)C(O)C2O)C(O)C1O)C(O)CCCCCCCCCCCCC. The summed E-state index contributed by atoms with van der Waals surface area (Å²) in [6.07, 6.45) is 44.7.